The SMILES string of the molecule is Cc1ccc(Oc2ccc(NC(=O)CSc3nnc(-c4ccccc4F)n3C)cc2)cc1. The summed E-state index contributed by atoms with van der Waals surface area (Å²) in [5.41, 5.74) is 2.20. The molecule has 0 bridgehead atoms. The van der Waals surface area contributed by atoms with Crippen LogP contribution in [0.1, 0.15) is 5.56 Å². The fourth-order valence-electron chi connectivity index (χ4n) is 2.99. The maximum Gasteiger partial charge on any atom is 0.234 e. The summed E-state index contributed by atoms with van der Waals surface area (Å²) in [4.78, 5) is 12.4. The van der Waals surface area contributed by atoms with Crippen molar-refractivity contribution in [2.24, 2.45) is 7.05 Å². The normalized spacial score (nSPS) is 10.7. The third-order valence-corrected chi connectivity index (χ3v) is 5.70. The van der Waals surface area contributed by atoms with E-state index in [9.17, 15) is 9.18 Å². The molecule has 0 saturated carbocycles. The highest BCUT2D eigenvalue weighted by molar-refractivity contribution is 7.99. The molecule has 3 aromatic carbocycles. The van der Waals surface area contributed by atoms with E-state index in [1.54, 1.807) is 54.1 Å². The molecule has 1 aromatic heterocycles. The Morgan fingerprint density at radius 1 is 1.00 bits per heavy atom. The van der Waals surface area contributed by atoms with E-state index in [1.807, 2.05) is 31.2 Å². The molecule has 0 fully saturated rings. The molecule has 0 aliphatic carbocycles. The maximum absolute atomic E-state index is 14.0. The number of aryl methyl sites for hydroxylation is 1. The van der Waals surface area contributed by atoms with Gasteiger partial charge in [0, 0.05) is 12.7 Å². The van der Waals surface area contributed by atoms with Crippen LogP contribution in [0.5, 0.6) is 11.5 Å². The van der Waals surface area contributed by atoms with E-state index in [1.165, 1.54) is 17.8 Å². The summed E-state index contributed by atoms with van der Waals surface area (Å²) in [6.45, 7) is 2.02. The van der Waals surface area contributed by atoms with E-state index < -0.39 is 0 Å². The summed E-state index contributed by atoms with van der Waals surface area (Å²) < 4.78 is 21.5. The minimum atomic E-state index is -0.368. The zero-order valence-corrected chi connectivity index (χ0v) is 18.4. The monoisotopic (exact) mass is 448 g/mol. The molecule has 0 radical (unpaired) electrons. The van der Waals surface area contributed by atoms with E-state index in [-0.39, 0.29) is 17.5 Å². The molecule has 0 spiro atoms. The van der Waals surface area contributed by atoms with Gasteiger partial charge in [0.05, 0.1) is 11.3 Å². The van der Waals surface area contributed by atoms with Gasteiger partial charge in [-0.3, -0.25) is 4.79 Å². The molecular formula is C24H21FN4O2S. The van der Waals surface area contributed by atoms with Crippen molar-refractivity contribution >= 4 is 23.4 Å². The number of rotatable bonds is 7. The number of carbonyl (C=O) groups excluding carboxylic acids is 1. The van der Waals surface area contributed by atoms with Crippen LogP contribution in [-0.4, -0.2) is 26.4 Å². The first-order chi connectivity index (χ1) is 15.5. The van der Waals surface area contributed by atoms with E-state index in [0.29, 0.717) is 28.0 Å². The van der Waals surface area contributed by atoms with E-state index in [0.717, 1.165) is 11.3 Å². The Morgan fingerprint density at radius 2 is 1.66 bits per heavy atom. The Bertz CT molecular complexity index is 1220. The van der Waals surface area contributed by atoms with Gasteiger partial charge in [0.15, 0.2) is 11.0 Å². The summed E-state index contributed by atoms with van der Waals surface area (Å²) >= 11 is 1.23. The zero-order valence-electron chi connectivity index (χ0n) is 17.6. The van der Waals surface area contributed by atoms with Crippen LogP contribution in [0.25, 0.3) is 11.4 Å². The van der Waals surface area contributed by atoms with E-state index >= 15 is 0 Å². The van der Waals surface area contributed by atoms with Crippen molar-refractivity contribution in [1.29, 1.82) is 0 Å². The largest absolute Gasteiger partial charge is 0.457 e. The van der Waals surface area contributed by atoms with Crippen LogP contribution in [0.2, 0.25) is 0 Å². The highest BCUT2D eigenvalue weighted by Gasteiger charge is 2.15. The van der Waals surface area contributed by atoms with Gasteiger partial charge >= 0.3 is 0 Å². The average Bonchev–Trinajstić information content (AvgIpc) is 3.16. The summed E-state index contributed by atoms with van der Waals surface area (Å²) in [5.74, 6) is 1.44. The average molecular weight is 449 g/mol. The Kier molecular flexibility index (Phi) is 6.51. The molecule has 162 valence electrons. The molecule has 0 aliphatic heterocycles. The first-order valence-corrected chi connectivity index (χ1v) is 10.9. The molecular weight excluding hydrogens is 427 g/mol. The van der Waals surface area contributed by atoms with Crippen molar-refractivity contribution in [2.45, 2.75) is 12.1 Å². The number of ether oxygens (including phenoxy) is 1. The summed E-state index contributed by atoms with van der Waals surface area (Å²) in [6, 6.07) is 21.3. The molecule has 32 heavy (non-hydrogen) atoms. The van der Waals surface area contributed by atoms with Gasteiger partial charge in [0.2, 0.25) is 5.91 Å². The predicted octanol–water partition coefficient (Wildman–Crippen LogP) is 5.45. The van der Waals surface area contributed by atoms with Gasteiger partial charge in [-0.1, -0.05) is 41.6 Å². The number of nitrogens with zero attached hydrogens (tertiary/aromatic N) is 3. The second-order valence-corrected chi connectivity index (χ2v) is 8.06. The van der Waals surface area contributed by atoms with Crippen LogP contribution in [0.15, 0.2) is 78.0 Å². The first-order valence-electron chi connectivity index (χ1n) is 9.91. The van der Waals surface area contributed by atoms with Crippen LogP contribution in [-0.2, 0) is 11.8 Å². The van der Waals surface area contributed by atoms with Crippen LogP contribution >= 0.6 is 11.8 Å². The lowest BCUT2D eigenvalue weighted by atomic mass is 10.2. The molecule has 4 rings (SSSR count). The fourth-order valence-corrected chi connectivity index (χ4v) is 3.70. The Morgan fingerprint density at radius 3 is 2.34 bits per heavy atom. The summed E-state index contributed by atoms with van der Waals surface area (Å²) in [6.07, 6.45) is 0. The Balaban J connectivity index is 1.32. The van der Waals surface area contributed by atoms with E-state index in [2.05, 4.69) is 15.5 Å². The van der Waals surface area contributed by atoms with Gasteiger partial charge in [0.1, 0.15) is 17.3 Å². The number of amides is 1. The summed E-state index contributed by atoms with van der Waals surface area (Å²) in [5, 5.41) is 11.5. The van der Waals surface area contributed by atoms with Crippen molar-refractivity contribution in [3.05, 3.63) is 84.2 Å². The number of carbonyl (C=O) groups is 1. The molecule has 1 amide bonds. The third-order valence-electron chi connectivity index (χ3n) is 4.68. The lowest BCUT2D eigenvalue weighted by Gasteiger charge is -2.08. The van der Waals surface area contributed by atoms with Crippen molar-refractivity contribution in [2.75, 3.05) is 11.1 Å². The number of thioether (sulfide) groups is 1. The van der Waals surface area contributed by atoms with Crippen LogP contribution in [0, 0.1) is 12.7 Å². The molecule has 4 aromatic rings. The maximum atomic E-state index is 14.0. The number of anilines is 1. The Labute approximate surface area is 189 Å². The van der Waals surface area contributed by atoms with Gasteiger partial charge in [-0.25, -0.2) is 4.39 Å². The fraction of sp³-hybridized carbons (Fsp3) is 0.125. The van der Waals surface area contributed by atoms with Crippen molar-refractivity contribution in [3.8, 4) is 22.9 Å². The van der Waals surface area contributed by atoms with Crippen molar-refractivity contribution in [3.63, 3.8) is 0 Å². The molecule has 1 heterocycles. The van der Waals surface area contributed by atoms with Crippen molar-refractivity contribution in [1.82, 2.24) is 14.8 Å². The highest BCUT2D eigenvalue weighted by Crippen LogP contribution is 2.26. The molecule has 0 aliphatic rings. The molecule has 0 saturated heterocycles. The number of halogens is 1. The lowest BCUT2D eigenvalue weighted by Crippen LogP contribution is -2.14. The number of aromatic nitrogens is 3. The minimum absolute atomic E-state index is 0.144. The second kappa shape index (κ2) is 9.65. The van der Waals surface area contributed by atoms with Crippen LogP contribution in [0.4, 0.5) is 10.1 Å². The topological polar surface area (TPSA) is 69.0 Å². The molecule has 6 nitrogen and oxygen atoms in total. The van der Waals surface area contributed by atoms with Gasteiger partial charge < -0.3 is 14.6 Å². The van der Waals surface area contributed by atoms with Gasteiger partial charge in [0.25, 0.3) is 0 Å². The zero-order chi connectivity index (χ0) is 22.5. The van der Waals surface area contributed by atoms with Gasteiger partial charge in [-0.15, -0.1) is 10.2 Å². The van der Waals surface area contributed by atoms with Crippen molar-refractivity contribution < 1.29 is 13.9 Å². The minimum Gasteiger partial charge on any atom is -0.457 e. The molecule has 1 N–H and O–H groups in total. The van der Waals surface area contributed by atoms with Crippen LogP contribution in [0.3, 0.4) is 0 Å². The quantitative estimate of drug-likeness (QED) is 0.381. The number of hydrogen-bond acceptors (Lipinski definition) is 5. The smallest absolute Gasteiger partial charge is 0.234 e. The lowest BCUT2D eigenvalue weighted by molar-refractivity contribution is -0.113. The third kappa shape index (κ3) is 5.15. The first kappa shape index (κ1) is 21.6. The number of hydrogen-bond donors (Lipinski definition) is 1. The predicted molar refractivity (Wildman–Crippen MR) is 123 cm³/mol. The van der Waals surface area contributed by atoms with Gasteiger partial charge in [-0.05, 0) is 55.5 Å². The molecule has 8 heteroatoms. The van der Waals surface area contributed by atoms with Gasteiger partial charge in [-0.2, -0.15) is 0 Å². The Hall–Kier alpha value is -3.65. The summed E-state index contributed by atoms with van der Waals surface area (Å²) in [7, 11) is 1.74. The number of nitrogens with one attached hydrogen (secondary N) is 1. The standard InChI is InChI=1S/C24H21FN4O2S/c1-16-7-11-18(12-8-16)31-19-13-9-17(10-14-19)26-22(30)15-32-24-28-27-23(29(24)2)20-5-3-4-6-21(20)25/h3-14H,15H2,1-2H3,(H,26,30). The molecule has 0 atom stereocenters. The van der Waals surface area contributed by atoms with Crippen LogP contribution < -0.4 is 10.1 Å². The van der Waals surface area contributed by atoms with E-state index in [4.69, 9.17) is 4.74 Å². The number of benzene rings is 3. The highest BCUT2D eigenvalue weighted by atomic mass is 32.2. The second-order valence-electron chi connectivity index (χ2n) is 7.12. The molecule has 0 unspecified atom stereocenters.